The molecule has 0 bridgehead atoms. The SMILES string of the molecule is O=C(COC(=O)CCc1nc(-c2ccsc2)no1)NCc1ccc(F)cc1. The van der Waals surface area contributed by atoms with Crippen LogP contribution in [0, 0.1) is 5.82 Å². The minimum absolute atomic E-state index is 0.0243. The van der Waals surface area contributed by atoms with E-state index >= 15 is 0 Å². The molecule has 0 aliphatic carbocycles. The summed E-state index contributed by atoms with van der Waals surface area (Å²) in [7, 11) is 0. The number of rotatable bonds is 8. The van der Waals surface area contributed by atoms with Crippen LogP contribution in [0.25, 0.3) is 11.4 Å². The number of thiophene rings is 1. The van der Waals surface area contributed by atoms with Gasteiger partial charge < -0.3 is 14.6 Å². The highest BCUT2D eigenvalue weighted by Gasteiger charge is 2.12. The van der Waals surface area contributed by atoms with Crippen LogP contribution in [0.3, 0.4) is 0 Å². The Hall–Kier alpha value is -3.07. The zero-order chi connectivity index (χ0) is 19.1. The van der Waals surface area contributed by atoms with Crippen molar-refractivity contribution in [3.05, 3.63) is 58.4 Å². The van der Waals surface area contributed by atoms with Crippen LogP contribution in [0.2, 0.25) is 0 Å². The molecule has 0 unspecified atom stereocenters. The lowest BCUT2D eigenvalue weighted by Crippen LogP contribution is -2.28. The number of ether oxygens (including phenoxy) is 1. The summed E-state index contributed by atoms with van der Waals surface area (Å²) >= 11 is 1.52. The van der Waals surface area contributed by atoms with Crippen LogP contribution in [-0.4, -0.2) is 28.6 Å². The number of carbonyl (C=O) groups excluding carboxylic acids is 2. The average Bonchev–Trinajstić information content (AvgIpc) is 3.35. The summed E-state index contributed by atoms with van der Waals surface area (Å²) in [6.07, 6.45) is 0.254. The zero-order valence-corrected chi connectivity index (χ0v) is 15.0. The number of carbonyl (C=O) groups is 2. The molecule has 7 nitrogen and oxygen atoms in total. The number of esters is 1. The molecular weight excluding hydrogens is 373 g/mol. The Morgan fingerprint density at radius 1 is 1.22 bits per heavy atom. The fourth-order valence-electron chi connectivity index (χ4n) is 2.15. The first-order chi connectivity index (χ1) is 13.1. The van der Waals surface area contributed by atoms with Gasteiger partial charge in [-0.2, -0.15) is 16.3 Å². The van der Waals surface area contributed by atoms with Gasteiger partial charge in [-0.05, 0) is 29.1 Å². The van der Waals surface area contributed by atoms with Crippen LogP contribution < -0.4 is 5.32 Å². The van der Waals surface area contributed by atoms with Crippen molar-refractivity contribution in [3.8, 4) is 11.4 Å². The van der Waals surface area contributed by atoms with Gasteiger partial charge in [-0.3, -0.25) is 9.59 Å². The first kappa shape index (κ1) is 18.7. The molecule has 0 radical (unpaired) electrons. The second kappa shape index (κ2) is 9.04. The van der Waals surface area contributed by atoms with Gasteiger partial charge in [0.15, 0.2) is 6.61 Å². The van der Waals surface area contributed by atoms with Crippen LogP contribution in [0.5, 0.6) is 0 Å². The van der Waals surface area contributed by atoms with E-state index in [4.69, 9.17) is 9.26 Å². The molecule has 2 heterocycles. The summed E-state index contributed by atoms with van der Waals surface area (Å²) in [5, 5.41) is 10.2. The predicted molar refractivity (Wildman–Crippen MR) is 95.1 cm³/mol. The van der Waals surface area contributed by atoms with Gasteiger partial charge in [0, 0.05) is 23.9 Å². The van der Waals surface area contributed by atoms with Crippen molar-refractivity contribution in [2.45, 2.75) is 19.4 Å². The van der Waals surface area contributed by atoms with E-state index < -0.39 is 11.9 Å². The Bertz CT molecular complexity index is 894. The molecule has 9 heteroatoms. The van der Waals surface area contributed by atoms with Crippen molar-refractivity contribution in [3.63, 3.8) is 0 Å². The molecule has 0 atom stereocenters. The maximum atomic E-state index is 12.8. The highest BCUT2D eigenvalue weighted by molar-refractivity contribution is 7.08. The largest absolute Gasteiger partial charge is 0.456 e. The Morgan fingerprint density at radius 2 is 2.04 bits per heavy atom. The molecule has 0 saturated heterocycles. The Kier molecular flexibility index (Phi) is 6.26. The van der Waals surface area contributed by atoms with Crippen LogP contribution in [0.1, 0.15) is 17.9 Å². The van der Waals surface area contributed by atoms with Gasteiger partial charge in [0.2, 0.25) is 11.7 Å². The summed E-state index contributed by atoms with van der Waals surface area (Å²) < 4.78 is 22.8. The molecule has 0 fully saturated rings. The number of nitrogens with one attached hydrogen (secondary N) is 1. The molecule has 1 aromatic carbocycles. The number of aryl methyl sites for hydroxylation is 1. The molecule has 0 spiro atoms. The third-order valence-electron chi connectivity index (χ3n) is 3.56. The number of aromatic nitrogens is 2. The van der Waals surface area contributed by atoms with E-state index in [-0.39, 0.29) is 31.8 Å². The van der Waals surface area contributed by atoms with Crippen molar-refractivity contribution in [2.75, 3.05) is 6.61 Å². The van der Waals surface area contributed by atoms with E-state index in [1.165, 1.54) is 23.5 Å². The van der Waals surface area contributed by atoms with Gasteiger partial charge in [-0.25, -0.2) is 4.39 Å². The molecule has 0 aliphatic rings. The van der Waals surface area contributed by atoms with E-state index in [2.05, 4.69) is 15.5 Å². The van der Waals surface area contributed by atoms with E-state index in [0.29, 0.717) is 11.7 Å². The van der Waals surface area contributed by atoms with Crippen molar-refractivity contribution in [1.82, 2.24) is 15.5 Å². The second-order valence-electron chi connectivity index (χ2n) is 5.59. The molecular formula is C18H16FN3O4S. The lowest BCUT2D eigenvalue weighted by atomic mass is 10.2. The molecule has 0 aliphatic heterocycles. The summed E-state index contributed by atoms with van der Waals surface area (Å²) in [4.78, 5) is 27.6. The molecule has 0 saturated carbocycles. The van der Waals surface area contributed by atoms with Crippen molar-refractivity contribution < 1.29 is 23.2 Å². The molecule has 3 aromatic rings. The molecule has 3 rings (SSSR count). The number of nitrogens with zero attached hydrogens (tertiary/aromatic N) is 2. The highest BCUT2D eigenvalue weighted by Crippen LogP contribution is 2.19. The van der Waals surface area contributed by atoms with Crippen LogP contribution in [0.15, 0.2) is 45.6 Å². The van der Waals surface area contributed by atoms with E-state index in [9.17, 15) is 14.0 Å². The standard InChI is InChI=1S/C18H16FN3O4S/c19-14-3-1-12(2-4-14)9-20-15(23)10-25-17(24)6-5-16-21-18(22-26-16)13-7-8-27-11-13/h1-4,7-8,11H,5-6,9-10H2,(H,20,23). The van der Waals surface area contributed by atoms with Crippen LogP contribution in [0.4, 0.5) is 4.39 Å². The van der Waals surface area contributed by atoms with Crippen LogP contribution >= 0.6 is 11.3 Å². The summed E-state index contributed by atoms with van der Waals surface area (Å²) in [6.45, 7) is -0.159. The minimum Gasteiger partial charge on any atom is -0.456 e. The van der Waals surface area contributed by atoms with Crippen molar-refractivity contribution in [1.29, 1.82) is 0 Å². The summed E-state index contributed by atoms with van der Waals surface area (Å²) in [5.74, 6) is -0.524. The first-order valence-electron chi connectivity index (χ1n) is 8.12. The first-order valence-corrected chi connectivity index (χ1v) is 9.06. The second-order valence-corrected chi connectivity index (χ2v) is 6.37. The molecule has 1 amide bonds. The lowest BCUT2D eigenvalue weighted by Gasteiger charge is -2.06. The van der Waals surface area contributed by atoms with Crippen molar-refractivity contribution >= 4 is 23.2 Å². The summed E-state index contributed by atoms with van der Waals surface area (Å²) in [6, 6.07) is 7.62. The third kappa shape index (κ3) is 5.71. The maximum Gasteiger partial charge on any atom is 0.306 e. The van der Waals surface area contributed by atoms with E-state index in [1.807, 2.05) is 16.8 Å². The monoisotopic (exact) mass is 389 g/mol. The van der Waals surface area contributed by atoms with Crippen molar-refractivity contribution in [2.24, 2.45) is 0 Å². The predicted octanol–water partition coefficient (Wildman–Crippen LogP) is 2.73. The van der Waals surface area contributed by atoms with E-state index in [0.717, 1.165) is 11.1 Å². The molecule has 2 aromatic heterocycles. The number of halogens is 1. The quantitative estimate of drug-likeness (QED) is 0.596. The van der Waals surface area contributed by atoms with Gasteiger partial charge in [-0.15, -0.1) is 0 Å². The third-order valence-corrected chi connectivity index (χ3v) is 4.24. The number of amides is 1. The molecule has 140 valence electrons. The van der Waals surface area contributed by atoms with E-state index in [1.54, 1.807) is 12.1 Å². The fourth-order valence-corrected chi connectivity index (χ4v) is 2.78. The Labute approximate surface area is 158 Å². The number of hydrogen-bond acceptors (Lipinski definition) is 7. The average molecular weight is 389 g/mol. The number of hydrogen-bond donors (Lipinski definition) is 1. The van der Waals surface area contributed by atoms with Crippen LogP contribution in [-0.2, 0) is 27.3 Å². The Balaban J connectivity index is 1.35. The van der Waals surface area contributed by atoms with Gasteiger partial charge in [0.25, 0.3) is 5.91 Å². The van der Waals surface area contributed by atoms with Gasteiger partial charge in [0.05, 0.1) is 6.42 Å². The lowest BCUT2D eigenvalue weighted by molar-refractivity contribution is -0.148. The maximum absolute atomic E-state index is 12.8. The van der Waals surface area contributed by atoms with Gasteiger partial charge in [-0.1, -0.05) is 17.3 Å². The minimum atomic E-state index is -0.540. The van der Waals surface area contributed by atoms with Gasteiger partial charge >= 0.3 is 5.97 Å². The fraction of sp³-hybridized carbons (Fsp3) is 0.222. The highest BCUT2D eigenvalue weighted by atomic mass is 32.1. The molecule has 1 N–H and O–H groups in total. The topological polar surface area (TPSA) is 94.3 Å². The van der Waals surface area contributed by atoms with Gasteiger partial charge in [0.1, 0.15) is 5.82 Å². The zero-order valence-electron chi connectivity index (χ0n) is 14.2. The molecule has 27 heavy (non-hydrogen) atoms. The Morgan fingerprint density at radius 3 is 2.78 bits per heavy atom. The summed E-state index contributed by atoms with van der Waals surface area (Å²) in [5.41, 5.74) is 1.60. The smallest absolute Gasteiger partial charge is 0.306 e. The number of benzene rings is 1. The normalized spacial score (nSPS) is 10.6.